The molecule has 1 heterocycles. The van der Waals surface area contributed by atoms with E-state index in [2.05, 4.69) is 11.8 Å². The Kier molecular flexibility index (Phi) is 4.97. The number of ketones is 1. The van der Waals surface area contributed by atoms with E-state index in [0.29, 0.717) is 18.2 Å². The third-order valence-electron chi connectivity index (χ3n) is 3.91. The Labute approximate surface area is 115 Å². The maximum atomic E-state index is 12.3. The number of nitrogens with zero attached hydrogens (tertiary/aromatic N) is 1. The highest BCUT2D eigenvalue weighted by molar-refractivity contribution is 5.97. The first-order valence-corrected chi connectivity index (χ1v) is 7.27. The molecule has 0 radical (unpaired) electrons. The van der Waals surface area contributed by atoms with E-state index in [1.165, 1.54) is 32.1 Å². The average molecular weight is 261 g/mol. The Hall–Kier alpha value is -1.35. The van der Waals surface area contributed by atoms with Gasteiger partial charge in [0, 0.05) is 11.6 Å². The van der Waals surface area contributed by atoms with Crippen molar-refractivity contribution in [2.24, 2.45) is 0 Å². The fraction of sp³-hybridized carbons (Fsp3) is 0.562. The van der Waals surface area contributed by atoms with Crippen LogP contribution in [0.15, 0.2) is 24.3 Å². The van der Waals surface area contributed by atoms with Gasteiger partial charge in [-0.3, -0.25) is 9.69 Å². The number of Topliss-reactive ketones (excluding diaryl/α,β-unsaturated/α-hetero) is 1. The third kappa shape index (κ3) is 3.80. The number of aromatic hydroxyl groups is 1. The fourth-order valence-electron chi connectivity index (χ4n) is 2.85. The average Bonchev–Trinajstić information content (AvgIpc) is 2.42. The molecular weight excluding hydrogens is 238 g/mol. The van der Waals surface area contributed by atoms with Crippen LogP contribution >= 0.6 is 0 Å². The molecule has 1 aliphatic rings. The van der Waals surface area contributed by atoms with Crippen molar-refractivity contribution in [1.29, 1.82) is 0 Å². The zero-order valence-electron chi connectivity index (χ0n) is 11.6. The number of carbonyl (C=O) groups is 1. The van der Waals surface area contributed by atoms with Crippen LogP contribution in [0.1, 0.15) is 49.4 Å². The minimum Gasteiger partial charge on any atom is -0.508 e. The lowest BCUT2D eigenvalue weighted by atomic mass is 9.97. The van der Waals surface area contributed by atoms with Gasteiger partial charge < -0.3 is 5.11 Å². The third-order valence-corrected chi connectivity index (χ3v) is 3.91. The first-order chi connectivity index (χ1) is 9.20. The summed E-state index contributed by atoms with van der Waals surface area (Å²) >= 11 is 0. The van der Waals surface area contributed by atoms with Crippen molar-refractivity contribution in [3.63, 3.8) is 0 Å². The quantitative estimate of drug-likeness (QED) is 0.827. The molecule has 0 spiro atoms. The van der Waals surface area contributed by atoms with E-state index in [9.17, 15) is 9.90 Å². The van der Waals surface area contributed by atoms with Crippen molar-refractivity contribution < 1.29 is 9.90 Å². The lowest BCUT2D eigenvalue weighted by molar-refractivity contribution is 0.0831. The highest BCUT2D eigenvalue weighted by Gasteiger charge is 2.23. The van der Waals surface area contributed by atoms with Gasteiger partial charge >= 0.3 is 0 Å². The summed E-state index contributed by atoms with van der Waals surface area (Å²) in [6.07, 6.45) is 6.06. The minimum absolute atomic E-state index is 0.156. The Morgan fingerprint density at radius 3 is 2.74 bits per heavy atom. The highest BCUT2D eigenvalue weighted by atomic mass is 16.3. The van der Waals surface area contributed by atoms with Crippen LogP contribution in [0.25, 0.3) is 0 Å². The summed E-state index contributed by atoms with van der Waals surface area (Å²) < 4.78 is 0. The lowest BCUT2D eigenvalue weighted by Crippen LogP contribution is -2.42. The summed E-state index contributed by atoms with van der Waals surface area (Å²) in [6, 6.07) is 7.13. The second-order valence-corrected chi connectivity index (χ2v) is 5.38. The van der Waals surface area contributed by atoms with Gasteiger partial charge in [0.2, 0.25) is 0 Å². The first kappa shape index (κ1) is 14.1. The number of likely N-dealkylation sites (tertiary alicyclic amines) is 1. The molecule has 3 nitrogen and oxygen atoms in total. The molecule has 1 unspecified atom stereocenters. The number of phenolic OH excluding ortho intramolecular Hbond substituents is 1. The minimum atomic E-state index is 0.156. The Balaban J connectivity index is 1.98. The molecule has 0 aliphatic carbocycles. The Morgan fingerprint density at radius 2 is 2.05 bits per heavy atom. The van der Waals surface area contributed by atoms with Crippen LogP contribution in [0.4, 0.5) is 0 Å². The van der Waals surface area contributed by atoms with Gasteiger partial charge in [0.15, 0.2) is 5.78 Å². The number of carbonyl (C=O) groups excluding carboxylic acids is 1. The van der Waals surface area contributed by atoms with Crippen molar-refractivity contribution in [2.45, 2.75) is 45.1 Å². The first-order valence-electron chi connectivity index (χ1n) is 7.27. The molecule has 1 N–H and O–H groups in total. The SMILES string of the molecule is CCCC1CCCCN1CC(=O)c1ccc(O)cc1. The van der Waals surface area contributed by atoms with Gasteiger partial charge in [-0.1, -0.05) is 19.8 Å². The zero-order chi connectivity index (χ0) is 13.7. The van der Waals surface area contributed by atoms with Crippen molar-refractivity contribution in [3.8, 4) is 5.75 Å². The zero-order valence-corrected chi connectivity index (χ0v) is 11.6. The summed E-state index contributed by atoms with van der Waals surface area (Å²) in [6.45, 7) is 3.75. The molecule has 104 valence electrons. The van der Waals surface area contributed by atoms with Crippen molar-refractivity contribution in [3.05, 3.63) is 29.8 Å². The number of phenols is 1. The molecule has 1 atom stereocenters. The maximum absolute atomic E-state index is 12.3. The molecule has 0 aromatic heterocycles. The molecule has 1 fully saturated rings. The topological polar surface area (TPSA) is 40.5 Å². The standard InChI is InChI=1S/C16H23NO2/c1-2-5-14-6-3-4-11-17(14)12-16(19)13-7-9-15(18)10-8-13/h7-10,14,18H,2-6,11-12H2,1H3. The molecular formula is C16H23NO2. The van der Waals surface area contributed by atoms with Crippen LogP contribution in [0.5, 0.6) is 5.75 Å². The molecule has 1 saturated heterocycles. The molecule has 3 heteroatoms. The summed E-state index contributed by atoms with van der Waals surface area (Å²) in [5, 5.41) is 9.25. The summed E-state index contributed by atoms with van der Waals surface area (Å²) in [7, 11) is 0. The van der Waals surface area contributed by atoms with E-state index in [-0.39, 0.29) is 11.5 Å². The highest BCUT2D eigenvalue weighted by Crippen LogP contribution is 2.21. The number of hydrogen-bond acceptors (Lipinski definition) is 3. The van der Waals surface area contributed by atoms with E-state index < -0.39 is 0 Å². The van der Waals surface area contributed by atoms with Crippen molar-refractivity contribution >= 4 is 5.78 Å². The van der Waals surface area contributed by atoms with Crippen LogP contribution < -0.4 is 0 Å². The van der Waals surface area contributed by atoms with E-state index >= 15 is 0 Å². The molecule has 2 rings (SSSR count). The lowest BCUT2D eigenvalue weighted by Gasteiger charge is -2.35. The van der Waals surface area contributed by atoms with Gasteiger partial charge in [-0.2, -0.15) is 0 Å². The molecule has 1 aromatic carbocycles. The van der Waals surface area contributed by atoms with Crippen LogP contribution in [-0.2, 0) is 0 Å². The van der Waals surface area contributed by atoms with Gasteiger partial charge in [-0.05, 0) is 50.1 Å². The van der Waals surface area contributed by atoms with Crippen LogP contribution in [0.2, 0.25) is 0 Å². The number of rotatable bonds is 5. The van der Waals surface area contributed by atoms with E-state index in [0.717, 1.165) is 6.54 Å². The van der Waals surface area contributed by atoms with E-state index in [1.807, 2.05) is 0 Å². The largest absolute Gasteiger partial charge is 0.508 e. The predicted molar refractivity (Wildman–Crippen MR) is 76.6 cm³/mol. The molecule has 0 bridgehead atoms. The van der Waals surface area contributed by atoms with Gasteiger partial charge in [-0.25, -0.2) is 0 Å². The monoisotopic (exact) mass is 261 g/mol. The van der Waals surface area contributed by atoms with Gasteiger partial charge in [0.25, 0.3) is 0 Å². The van der Waals surface area contributed by atoms with Crippen molar-refractivity contribution in [2.75, 3.05) is 13.1 Å². The molecule has 0 amide bonds. The van der Waals surface area contributed by atoms with E-state index in [4.69, 9.17) is 0 Å². The van der Waals surface area contributed by atoms with Crippen LogP contribution in [0.3, 0.4) is 0 Å². The molecule has 0 saturated carbocycles. The van der Waals surface area contributed by atoms with Crippen LogP contribution in [-0.4, -0.2) is 34.9 Å². The normalized spacial score (nSPS) is 20.4. The van der Waals surface area contributed by atoms with Gasteiger partial charge in [0.05, 0.1) is 6.54 Å². The second kappa shape index (κ2) is 6.71. The van der Waals surface area contributed by atoms with Gasteiger partial charge in [0.1, 0.15) is 5.75 Å². The maximum Gasteiger partial charge on any atom is 0.176 e. The Bertz CT molecular complexity index is 411. The number of piperidine rings is 1. The molecule has 19 heavy (non-hydrogen) atoms. The summed E-state index contributed by atoms with van der Waals surface area (Å²) in [5.41, 5.74) is 0.693. The second-order valence-electron chi connectivity index (χ2n) is 5.38. The van der Waals surface area contributed by atoms with E-state index in [1.54, 1.807) is 24.3 Å². The molecule has 1 aliphatic heterocycles. The summed E-state index contributed by atoms with van der Waals surface area (Å²) in [5.74, 6) is 0.362. The van der Waals surface area contributed by atoms with Crippen LogP contribution in [0, 0.1) is 0 Å². The Morgan fingerprint density at radius 1 is 1.32 bits per heavy atom. The molecule has 1 aromatic rings. The smallest absolute Gasteiger partial charge is 0.176 e. The van der Waals surface area contributed by atoms with Crippen molar-refractivity contribution in [1.82, 2.24) is 4.90 Å². The summed E-state index contributed by atoms with van der Waals surface area (Å²) in [4.78, 5) is 14.6. The fourth-order valence-corrected chi connectivity index (χ4v) is 2.85. The predicted octanol–water partition coefficient (Wildman–Crippen LogP) is 3.23. The number of benzene rings is 1. The van der Waals surface area contributed by atoms with Gasteiger partial charge in [-0.15, -0.1) is 0 Å². The number of hydrogen-bond donors (Lipinski definition) is 1.